The minimum absolute atomic E-state index is 0.0224. The first kappa shape index (κ1) is 13.1. The van der Waals surface area contributed by atoms with Crippen molar-refractivity contribution in [3.05, 3.63) is 47.0 Å². The van der Waals surface area contributed by atoms with Crippen LogP contribution in [0.5, 0.6) is 0 Å². The summed E-state index contributed by atoms with van der Waals surface area (Å²) in [6, 6.07) is 5.11. The molecule has 20 heavy (non-hydrogen) atoms. The van der Waals surface area contributed by atoms with E-state index in [2.05, 4.69) is 4.98 Å². The summed E-state index contributed by atoms with van der Waals surface area (Å²) in [5.74, 6) is -0.407. The van der Waals surface area contributed by atoms with Gasteiger partial charge in [0.2, 0.25) is 5.91 Å². The van der Waals surface area contributed by atoms with E-state index in [1.54, 1.807) is 17.2 Å². The third-order valence-corrected chi connectivity index (χ3v) is 3.72. The molecule has 0 saturated heterocycles. The Morgan fingerprint density at radius 3 is 2.80 bits per heavy atom. The molecule has 3 nitrogen and oxygen atoms in total. The molecule has 0 N–H and O–H groups in total. The van der Waals surface area contributed by atoms with Gasteiger partial charge in [0.1, 0.15) is 5.82 Å². The molecule has 0 saturated carbocycles. The first-order valence-corrected chi connectivity index (χ1v) is 6.65. The summed E-state index contributed by atoms with van der Waals surface area (Å²) in [6.07, 6.45) is 3.51. The van der Waals surface area contributed by atoms with Gasteiger partial charge >= 0.3 is 0 Å². The maximum absolute atomic E-state index is 13.2. The summed E-state index contributed by atoms with van der Waals surface area (Å²) in [7, 11) is 0. The maximum Gasteiger partial charge on any atom is 0.223 e. The van der Waals surface area contributed by atoms with Gasteiger partial charge in [0, 0.05) is 25.2 Å². The van der Waals surface area contributed by atoms with Crippen LogP contribution in [0.15, 0.2) is 30.6 Å². The Balaban J connectivity index is 2.10. The molecule has 0 unspecified atom stereocenters. The lowest BCUT2D eigenvalue weighted by Gasteiger charge is -2.16. The van der Waals surface area contributed by atoms with Crippen molar-refractivity contribution < 1.29 is 9.18 Å². The Morgan fingerprint density at radius 2 is 2.10 bits per heavy atom. The van der Waals surface area contributed by atoms with Gasteiger partial charge in [-0.25, -0.2) is 4.39 Å². The first-order chi connectivity index (χ1) is 9.56. The lowest BCUT2D eigenvalue weighted by Crippen LogP contribution is -2.26. The SMILES string of the molecule is CC(=O)N1CCc2cc(-c3cncc(F)c3)cc(Cl)c21. The van der Waals surface area contributed by atoms with Gasteiger partial charge in [0.05, 0.1) is 16.9 Å². The van der Waals surface area contributed by atoms with Crippen LogP contribution in [0.3, 0.4) is 0 Å². The van der Waals surface area contributed by atoms with Crippen molar-refractivity contribution in [2.24, 2.45) is 0 Å². The predicted molar refractivity (Wildman–Crippen MR) is 76.4 cm³/mol. The lowest BCUT2D eigenvalue weighted by molar-refractivity contribution is -0.116. The third-order valence-electron chi connectivity index (χ3n) is 3.44. The molecule has 0 spiro atoms. The van der Waals surface area contributed by atoms with Crippen LogP contribution in [0.25, 0.3) is 11.1 Å². The minimum atomic E-state index is -0.385. The smallest absolute Gasteiger partial charge is 0.223 e. The van der Waals surface area contributed by atoms with Gasteiger partial charge in [0.25, 0.3) is 0 Å². The number of amides is 1. The molecule has 0 radical (unpaired) electrons. The van der Waals surface area contributed by atoms with E-state index in [1.165, 1.54) is 13.0 Å². The Bertz CT molecular complexity index is 702. The van der Waals surface area contributed by atoms with Gasteiger partial charge in [-0.3, -0.25) is 9.78 Å². The summed E-state index contributed by atoms with van der Waals surface area (Å²) in [4.78, 5) is 17.1. The number of benzene rings is 1. The number of rotatable bonds is 1. The van der Waals surface area contributed by atoms with Crippen molar-refractivity contribution in [3.8, 4) is 11.1 Å². The quantitative estimate of drug-likeness (QED) is 0.806. The number of halogens is 2. The fraction of sp³-hybridized carbons (Fsp3) is 0.200. The summed E-state index contributed by atoms with van der Waals surface area (Å²) in [6.45, 7) is 2.16. The van der Waals surface area contributed by atoms with Crippen LogP contribution >= 0.6 is 11.6 Å². The van der Waals surface area contributed by atoms with Crippen LogP contribution in [-0.2, 0) is 11.2 Å². The highest BCUT2D eigenvalue weighted by atomic mass is 35.5. The topological polar surface area (TPSA) is 33.2 Å². The van der Waals surface area contributed by atoms with E-state index >= 15 is 0 Å². The number of nitrogens with zero attached hydrogens (tertiary/aromatic N) is 2. The fourth-order valence-corrected chi connectivity index (χ4v) is 2.89. The number of carbonyl (C=O) groups is 1. The van der Waals surface area contributed by atoms with Crippen LogP contribution in [-0.4, -0.2) is 17.4 Å². The number of hydrogen-bond acceptors (Lipinski definition) is 2. The number of hydrogen-bond donors (Lipinski definition) is 0. The average Bonchev–Trinajstić information content (AvgIpc) is 2.83. The van der Waals surface area contributed by atoms with Gasteiger partial charge in [-0.05, 0) is 35.7 Å². The van der Waals surface area contributed by atoms with Crippen molar-refractivity contribution >= 4 is 23.2 Å². The van der Waals surface area contributed by atoms with E-state index in [0.29, 0.717) is 17.1 Å². The highest BCUT2D eigenvalue weighted by Gasteiger charge is 2.25. The van der Waals surface area contributed by atoms with E-state index in [4.69, 9.17) is 11.6 Å². The van der Waals surface area contributed by atoms with Crippen LogP contribution in [0.4, 0.5) is 10.1 Å². The Hall–Kier alpha value is -1.94. The minimum Gasteiger partial charge on any atom is -0.311 e. The van der Waals surface area contributed by atoms with E-state index < -0.39 is 0 Å². The van der Waals surface area contributed by atoms with Crippen molar-refractivity contribution in [1.82, 2.24) is 4.98 Å². The number of aromatic nitrogens is 1. The second kappa shape index (κ2) is 4.87. The van der Waals surface area contributed by atoms with E-state index in [0.717, 1.165) is 29.4 Å². The molecule has 2 heterocycles. The number of fused-ring (bicyclic) bond motifs is 1. The monoisotopic (exact) mass is 290 g/mol. The molecule has 1 amide bonds. The summed E-state index contributed by atoms with van der Waals surface area (Å²) < 4.78 is 13.2. The molecule has 5 heteroatoms. The fourth-order valence-electron chi connectivity index (χ4n) is 2.54. The molecule has 0 atom stereocenters. The molecule has 0 bridgehead atoms. The molecule has 1 aromatic carbocycles. The Morgan fingerprint density at radius 1 is 1.30 bits per heavy atom. The van der Waals surface area contributed by atoms with Crippen molar-refractivity contribution in [2.45, 2.75) is 13.3 Å². The lowest BCUT2D eigenvalue weighted by atomic mass is 10.0. The normalized spacial score (nSPS) is 13.4. The second-order valence-electron chi connectivity index (χ2n) is 4.78. The first-order valence-electron chi connectivity index (χ1n) is 6.27. The molecule has 0 fully saturated rings. The van der Waals surface area contributed by atoms with Crippen LogP contribution in [0, 0.1) is 5.82 Å². The molecule has 2 aromatic rings. The van der Waals surface area contributed by atoms with Crippen LogP contribution < -0.4 is 4.90 Å². The van der Waals surface area contributed by atoms with E-state index in [9.17, 15) is 9.18 Å². The predicted octanol–water partition coefficient (Wildman–Crippen LogP) is 3.45. The summed E-state index contributed by atoms with van der Waals surface area (Å²) in [5.41, 5.74) is 3.27. The molecular weight excluding hydrogens is 279 g/mol. The van der Waals surface area contributed by atoms with E-state index in [-0.39, 0.29) is 11.7 Å². The van der Waals surface area contributed by atoms with Crippen molar-refractivity contribution in [1.29, 1.82) is 0 Å². The van der Waals surface area contributed by atoms with Crippen molar-refractivity contribution in [3.63, 3.8) is 0 Å². The average molecular weight is 291 g/mol. The molecule has 1 aliphatic rings. The standard InChI is InChI=1S/C15H12ClFN2O/c1-9(20)19-3-2-10-4-11(6-14(16)15(10)19)12-5-13(17)8-18-7-12/h4-8H,2-3H2,1H3. The number of pyridine rings is 1. The van der Waals surface area contributed by atoms with Crippen LogP contribution in [0.1, 0.15) is 12.5 Å². The Kier molecular flexibility index (Phi) is 3.18. The zero-order chi connectivity index (χ0) is 14.3. The molecule has 1 aliphatic heterocycles. The molecular formula is C15H12ClFN2O. The van der Waals surface area contributed by atoms with Gasteiger partial charge in [-0.2, -0.15) is 0 Å². The van der Waals surface area contributed by atoms with Gasteiger partial charge < -0.3 is 4.90 Å². The zero-order valence-corrected chi connectivity index (χ0v) is 11.6. The Labute approximate surface area is 121 Å². The largest absolute Gasteiger partial charge is 0.311 e. The second-order valence-corrected chi connectivity index (χ2v) is 5.19. The van der Waals surface area contributed by atoms with E-state index in [1.807, 2.05) is 6.07 Å². The molecule has 0 aliphatic carbocycles. The zero-order valence-electron chi connectivity index (χ0n) is 10.9. The summed E-state index contributed by atoms with van der Waals surface area (Å²) >= 11 is 6.30. The van der Waals surface area contributed by atoms with Crippen molar-refractivity contribution in [2.75, 3.05) is 11.4 Å². The molecule has 1 aromatic heterocycles. The number of carbonyl (C=O) groups excluding carboxylic acids is 1. The number of anilines is 1. The van der Waals surface area contributed by atoms with Gasteiger partial charge in [-0.15, -0.1) is 0 Å². The maximum atomic E-state index is 13.2. The molecule has 3 rings (SSSR count). The van der Waals surface area contributed by atoms with Gasteiger partial charge in [0.15, 0.2) is 0 Å². The summed E-state index contributed by atoms with van der Waals surface area (Å²) in [5, 5.41) is 0.509. The van der Waals surface area contributed by atoms with Crippen LogP contribution in [0.2, 0.25) is 5.02 Å². The molecule has 102 valence electrons. The third kappa shape index (κ3) is 2.16. The highest BCUT2D eigenvalue weighted by molar-refractivity contribution is 6.34. The van der Waals surface area contributed by atoms with Gasteiger partial charge in [-0.1, -0.05) is 11.6 Å². The highest BCUT2D eigenvalue weighted by Crippen LogP contribution is 2.39.